The molecule has 144 valence electrons. The fourth-order valence-corrected chi connectivity index (χ4v) is 2.69. The van der Waals surface area contributed by atoms with E-state index in [4.69, 9.17) is 16.3 Å². The number of amides is 1. The molecule has 0 bridgehead atoms. The smallest absolute Gasteiger partial charge is 0.326 e. The van der Waals surface area contributed by atoms with Gasteiger partial charge in [0, 0.05) is 0 Å². The zero-order chi connectivity index (χ0) is 20.3. The normalized spacial score (nSPS) is 11.8. The van der Waals surface area contributed by atoms with Crippen molar-refractivity contribution < 1.29 is 18.7 Å². The molecule has 0 aliphatic heterocycles. The van der Waals surface area contributed by atoms with Gasteiger partial charge < -0.3 is 10.1 Å². The molecule has 9 heteroatoms. The van der Waals surface area contributed by atoms with Gasteiger partial charge in [-0.1, -0.05) is 23.7 Å². The molecule has 0 saturated carbocycles. The number of aromatic nitrogens is 2. The summed E-state index contributed by atoms with van der Waals surface area (Å²) in [5, 5.41) is 2.83. The predicted octanol–water partition coefficient (Wildman–Crippen LogP) is 2.76. The van der Waals surface area contributed by atoms with E-state index in [9.17, 15) is 18.8 Å². The zero-order valence-electron chi connectivity index (χ0n) is 14.7. The molecule has 0 fully saturated rings. The van der Waals surface area contributed by atoms with Gasteiger partial charge in [-0.15, -0.1) is 0 Å². The Morgan fingerprint density at radius 3 is 2.79 bits per heavy atom. The van der Waals surface area contributed by atoms with Crippen LogP contribution in [0.25, 0.3) is 10.9 Å². The molecule has 0 aliphatic rings. The number of esters is 1. The van der Waals surface area contributed by atoms with Gasteiger partial charge in [0.25, 0.3) is 11.5 Å². The molecule has 1 heterocycles. The third-order valence-corrected chi connectivity index (χ3v) is 4.21. The van der Waals surface area contributed by atoms with E-state index in [2.05, 4.69) is 10.3 Å². The Balaban J connectivity index is 1.65. The lowest BCUT2D eigenvalue weighted by molar-refractivity contribution is -0.153. The number of anilines is 1. The van der Waals surface area contributed by atoms with Gasteiger partial charge in [0.05, 0.1) is 27.9 Å². The van der Waals surface area contributed by atoms with E-state index < -0.39 is 35.9 Å². The second-order valence-electron chi connectivity index (χ2n) is 5.94. The number of carbonyl (C=O) groups excluding carboxylic acids is 2. The van der Waals surface area contributed by atoms with Crippen LogP contribution < -0.4 is 10.9 Å². The fourth-order valence-electron chi connectivity index (χ4n) is 2.47. The summed E-state index contributed by atoms with van der Waals surface area (Å²) in [6.45, 7) is 0.970. The lowest BCUT2D eigenvalue weighted by Crippen LogP contribution is -2.33. The first-order chi connectivity index (χ1) is 13.3. The molecule has 28 heavy (non-hydrogen) atoms. The maximum absolute atomic E-state index is 13.1. The minimum Gasteiger partial charge on any atom is -0.451 e. The summed E-state index contributed by atoms with van der Waals surface area (Å²) < 4.78 is 19.2. The standard InChI is InChI=1S/C19H15ClFN3O4/c1-11(18(26)23-16-7-6-12(21)8-14(16)20)28-17(25)9-24-10-22-15-5-3-2-4-13(15)19(24)27/h2-8,10-11H,9H2,1H3,(H,23,26)/t11-/m1/s1. The van der Waals surface area contributed by atoms with Crippen LogP contribution in [0.3, 0.4) is 0 Å². The molecule has 3 aromatic rings. The topological polar surface area (TPSA) is 90.3 Å². The number of hydrogen-bond acceptors (Lipinski definition) is 5. The molecule has 3 rings (SSSR count). The first-order valence-electron chi connectivity index (χ1n) is 8.24. The summed E-state index contributed by atoms with van der Waals surface area (Å²) in [6, 6.07) is 10.2. The van der Waals surface area contributed by atoms with Crippen molar-refractivity contribution in [1.29, 1.82) is 0 Å². The van der Waals surface area contributed by atoms with E-state index >= 15 is 0 Å². The maximum Gasteiger partial charge on any atom is 0.326 e. The van der Waals surface area contributed by atoms with Gasteiger partial charge in [0.1, 0.15) is 12.4 Å². The van der Waals surface area contributed by atoms with Crippen molar-refractivity contribution in [2.75, 3.05) is 5.32 Å². The van der Waals surface area contributed by atoms with Crippen molar-refractivity contribution in [1.82, 2.24) is 9.55 Å². The van der Waals surface area contributed by atoms with Crippen LogP contribution in [-0.4, -0.2) is 27.5 Å². The third kappa shape index (κ3) is 4.34. The van der Waals surface area contributed by atoms with Gasteiger partial charge in [-0.2, -0.15) is 0 Å². The van der Waals surface area contributed by atoms with Crippen molar-refractivity contribution >= 4 is 40.1 Å². The monoisotopic (exact) mass is 403 g/mol. The van der Waals surface area contributed by atoms with Crippen LogP contribution in [0.15, 0.2) is 53.6 Å². The summed E-state index contributed by atoms with van der Waals surface area (Å²) >= 11 is 5.85. The third-order valence-electron chi connectivity index (χ3n) is 3.90. The van der Waals surface area contributed by atoms with Crippen molar-refractivity contribution in [3.8, 4) is 0 Å². The number of hydrogen-bond donors (Lipinski definition) is 1. The summed E-state index contributed by atoms with van der Waals surface area (Å²) in [5.74, 6) is -1.98. The Labute approximate surface area is 163 Å². The van der Waals surface area contributed by atoms with Crippen LogP contribution in [0.5, 0.6) is 0 Å². The Hall–Kier alpha value is -3.26. The van der Waals surface area contributed by atoms with Crippen LogP contribution >= 0.6 is 11.6 Å². The van der Waals surface area contributed by atoms with Crippen molar-refractivity contribution in [3.05, 3.63) is 70.0 Å². The summed E-state index contributed by atoms with van der Waals surface area (Å²) in [4.78, 5) is 40.8. The molecule has 7 nitrogen and oxygen atoms in total. The van der Waals surface area contributed by atoms with Gasteiger partial charge in [0.2, 0.25) is 0 Å². The summed E-state index contributed by atoms with van der Waals surface area (Å²) in [7, 11) is 0. The lowest BCUT2D eigenvalue weighted by atomic mass is 10.2. The molecule has 1 amide bonds. The molecular formula is C19H15ClFN3O4. The highest BCUT2D eigenvalue weighted by molar-refractivity contribution is 6.33. The largest absolute Gasteiger partial charge is 0.451 e. The fraction of sp³-hybridized carbons (Fsp3) is 0.158. The highest BCUT2D eigenvalue weighted by Gasteiger charge is 2.19. The lowest BCUT2D eigenvalue weighted by Gasteiger charge is -2.14. The van der Waals surface area contributed by atoms with Crippen molar-refractivity contribution in [3.63, 3.8) is 0 Å². The van der Waals surface area contributed by atoms with Crippen LogP contribution in [-0.2, 0) is 20.9 Å². The Kier molecular flexibility index (Phi) is 5.70. The van der Waals surface area contributed by atoms with E-state index in [1.807, 2.05) is 0 Å². The number of rotatable bonds is 5. The Morgan fingerprint density at radius 1 is 1.29 bits per heavy atom. The molecule has 0 unspecified atom stereocenters. The SMILES string of the molecule is C[C@@H](OC(=O)Cn1cnc2ccccc2c1=O)C(=O)Nc1ccc(F)cc1Cl. The number of carbonyl (C=O) groups is 2. The van der Waals surface area contributed by atoms with E-state index in [0.29, 0.717) is 10.9 Å². The number of para-hydroxylation sites is 1. The highest BCUT2D eigenvalue weighted by Crippen LogP contribution is 2.22. The number of nitrogens with zero attached hydrogens (tertiary/aromatic N) is 2. The highest BCUT2D eigenvalue weighted by atomic mass is 35.5. The Morgan fingerprint density at radius 2 is 2.04 bits per heavy atom. The number of nitrogens with one attached hydrogen (secondary N) is 1. The second-order valence-corrected chi connectivity index (χ2v) is 6.35. The molecule has 0 aliphatic carbocycles. The molecule has 1 aromatic heterocycles. The van der Waals surface area contributed by atoms with Gasteiger partial charge in [-0.3, -0.25) is 19.0 Å². The first kappa shape index (κ1) is 19.5. The molecule has 0 radical (unpaired) electrons. The molecule has 1 atom stereocenters. The van der Waals surface area contributed by atoms with E-state index in [1.165, 1.54) is 19.3 Å². The van der Waals surface area contributed by atoms with Crippen LogP contribution in [0.1, 0.15) is 6.92 Å². The molecule has 2 aromatic carbocycles. The van der Waals surface area contributed by atoms with Gasteiger partial charge in [0.15, 0.2) is 6.10 Å². The number of fused-ring (bicyclic) bond motifs is 1. The molecular weight excluding hydrogens is 389 g/mol. The zero-order valence-corrected chi connectivity index (χ0v) is 15.4. The van der Waals surface area contributed by atoms with E-state index in [1.54, 1.807) is 24.3 Å². The predicted molar refractivity (Wildman–Crippen MR) is 102 cm³/mol. The molecule has 0 saturated heterocycles. The number of halogens is 2. The second kappa shape index (κ2) is 8.18. The van der Waals surface area contributed by atoms with Crippen LogP contribution in [0.2, 0.25) is 5.02 Å². The molecule has 1 N–H and O–H groups in total. The minimum atomic E-state index is -1.15. The van der Waals surface area contributed by atoms with Crippen molar-refractivity contribution in [2.45, 2.75) is 19.6 Å². The average molecular weight is 404 g/mol. The van der Waals surface area contributed by atoms with Gasteiger partial charge >= 0.3 is 5.97 Å². The maximum atomic E-state index is 13.1. The first-order valence-corrected chi connectivity index (χ1v) is 8.62. The average Bonchev–Trinajstić information content (AvgIpc) is 2.66. The molecule has 0 spiro atoms. The number of benzene rings is 2. The summed E-state index contributed by atoms with van der Waals surface area (Å²) in [5.41, 5.74) is 0.310. The van der Waals surface area contributed by atoms with Crippen molar-refractivity contribution in [2.24, 2.45) is 0 Å². The number of ether oxygens (including phenoxy) is 1. The van der Waals surface area contributed by atoms with Crippen LogP contribution in [0.4, 0.5) is 10.1 Å². The van der Waals surface area contributed by atoms with Gasteiger partial charge in [-0.25, -0.2) is 9.37 Å². The van der Waals surface area contributed by atoms with E-state index in [0.717, 1.165) is 16.7 Å². The van der Waals surface area contributed by atoms with Crippen LogP contribution in [0, 0.1) is 5.82 Å². The minimum absolute atomic E-state index is 0.0145. The van der Waals surface area contributed by atoms with E-state index in [-0.39, 0.29) is 10.7 Å². The Bertz CT molecular complexity index is 1120. The summed E-state index contributed by atoms with van der Waals surface area (Å²) in [6.07, 6.45) is 0.0901. The van der Waals surface area contributed by atoms with Gasteiger partial charge in [-0.05, 0) is 37.3 Å². The quantitative estimate of drug-likeness (QED) is 0.661.